The topological polar surface area (TPSA) is 52.0 Å². The minimum atomic E-state index is 0.397. The third-order valence-electron chi connectivity index (χ3n) is 2.67. The van der Waals surface area contributed by atoms with Crippen LogP contribution in [0, 0.1) is 0 Å². The second-order valence-corrected chi connectivity index (χ2v) is 4.47. The molecule has 2 N–H and O–H groups in total. The van der Waals surface area contributed by atoms with Gasteiger partial charge in [-0.15, -0.1) is 0 Å². The van der Waals surface area contributed by atoms with Crippen molar-refractivity contribution in [3.63, 3.8) is 0 Å². The lowest BCUT2D eigenvalue weighted by molar-refractivity contribution is 0.521. The second-order valence-electron chi connectivity index (χ2n) is 4.47. The van der Waals surface area contributed by atoms with Crippen LogP contribution in [0.3, 0.4) is 0 Å². The number of anilines is 1. The molecule has 3 heteroatoms. The van der Waals surface area contributed by atoms with E-state index in [2.05, 4.69) is 25.8 Å². The maximum atomic E-state index is 5.86. The third-order valence-corrected chi connectivity index (χ3v) is 2.67. The van der Waals surface area contributed by atoms with Gasteiger partial charge in [-0.25, -0.2) is 4.98 Å². The van der Waals surface area contributed by atoms with Crippen molar-refractivity contribution in [3.05, 3.63) is 23.6 Å². The molecule has 0 unspecified atom stereocenters. The first-order valence-electron chi connectivity index (χ1n) is 5.80. The number of rotatable bonds is 3. The van der Waals surface area contributed by atoms with Crippen molar-refractivity contribution in [1.29, 1.82) is 0 Å². The van der Waals surface area contributed by atoms with Crippen molar-refractivity contribution in [3.8, 4) is 0 Å². The van der Waals surface area contributed by atoms with E-state index in [0.717, 1.165) is 41.1 Å². The van der Waals surface area contributed by atoms with Crippen molar-refractivity contribution < 1.29 is 4.42 Å². The average Bonchev–Trinajstić information content (AvgIpc) is 2.59. The highest BCUT2D eigenvalue weighted by atomic mass is 16.3. The molecule has 0 amide bonds. The van der Waals surface area contributed by atoms with E-state index >= 15 is 0 Å². The predicted octanol–water partition coefficient (Wildman–Crippen LogP) is 3.49. The zero-order valence-corrected chi connectivity index (χ0v) is 10.1. The van der Waals surface area contributed by atoms with Gasteiger partial charge in [0.2, 0.25) is 0 Å². The average molecular weight is 218 g/mol. The Kier molecular flexibility index (Phi) is 2.86. The molecule has 0 saturated carbocycles. The quantitative estimate of drug-likeness (QED) is 0.802. The highest BCUT2D eigenvalue weighted by Gasteiger charge is 2.13. The molecule has 1 aromatic heterocycles. The summed E-state index contributed by atoms with van der Waals surface area (Å²) in [5.74, 6) is 1.21. The van der Waals surface area contributed by atoms with E-state index < -0.39 is 0 Å². The van der Waals surface area contributed by atoms with Gasteiger partial charge in [0.1, 0.15) is 5.52 Å². The Morgan fingerprint density at radius 3 is 2.75 bits per heavy atom. The van der Waals surface area contributed by atoms with Crippen molar-refractivity contribution in [2.45, 2.75) is 39.5 Å². The summed E-state index contributed by atoms with van der Waals surface area (Å²) in [6.45, 7) is 6.39. The molecule has 1 aromatic carbocycles. The molecule has 16 heavy (non-hydrogen) atoms. The van der Waals surface area contributed by atoms with Gasteiger partial charge in [-0.1, -0.05) is 20.8 Å². The molecule has 2 rings (SSSR count). The number of nitrogens with two attached hydrogens (primary N) is 1. The zero-order valence-electron chi connectivity index (χ0n) is 10.1. The summed E-state index contributed by atoms with van der Waals surface area (Å²) in [6.07, 6.45) is 1.92. The standard InChI is InChI=1S/C13H18N2O/c1-4-5-12-15-11-7-9(14)6-10(8(2)3)13(11)16-12/h6-8H,4-5,14H2,1-3H3. The van der Waals surface area contributed by atoms with Gasteiger partial charge in [0.05, 0.1) is 0 Å². The summed E-state index contributed by atoms with van der Waals surface area (Å²) >= 11 is 0. The summed E-state index contributed by atoms with van der Waals surface area (Å²) < 4.78 is 5.79. The van der Waals surface area contributed by atoms with Crippen molar-refractivity contribution in [2.75, 3.05) is 5.73 Å². The molecular formula is C13H18N2O. The summed E-state index contributed by atoms with van der Waals surface area (Å²) in [5, 5.41) is 0. The van der Waals surface area contributed by atoms with Gasteiger partial charge in [0.15, 0.2) is 11.5 Å². The van der Waals surface area contributed by atoms with Crippen LogP contribution >= 0.6 is 0 Å². The maximum Gasteiger partial charge on any atom is 0.195 e. The fraction of sp³-hybridized carbons (Fsp3) is 0.462. The van der Waals surface area contributed by atoms with Gasteiger partial charge in [0, 0.05) is 17.7 Å². The van der Waals surface area contributed by atoms with Crippen LogP contribution in [0.15, 0.2) is 16.5 Å². The molecule has 0 radical (unpaired) electrons. The predicted molar refractivity (Wildman–Crippen MR) is 66.5 cm³/mol. The van der Waals surface area contributed by atoms with E-state index in [0.29, 0.717) is 5.92 Å². The lowest BCUT2D eigenvalue weighted by atomic mass is 10.0. The molecule has 0 bridgehead atoms. The van der Waals surface area contributed by atoms with Crippen LogP contribution in [0.5, 0.6) is 0 Å². The Morgan fingerprint density at radius 1 is 1.38 bits per heavy atom. The normalized spacial score (nSPS) is 11.5. The maximum absolute atomic E-state index is 5.86. The van der Waals surface area contributed by atoms with Crippen LogP contribution in [0.2, 0.25) is 0 Å². The lowest BCUT2D eigenvalue weighted by Gasteiger charge is -2.06. The van der Waals surface area contributed by atoms with Crippen molar-refractivity contribution >= 4 is 16.8 Å². The Bertz CT molecular complexity index is 500. The Morgan fingerprint density at radius 2 is 2.12 bits per heavy atom. The molecule has 0 aliphatic heterocycles. The van der Waals surface area contributed by atoms with Crippen molar-refractivity contribution in [2.24, 2.45) is 0 Å². The molecule has 0 fully saturated rings. The molecule has 0 aliphatic rings. The molecule has 0 aliphatic carbocycles. The number of nitrogens with zero attached hydrogens (tertiary/aromatic N) is 1. The first kappa shape index (κ1) is 11.0. The minimum Gasteiger partial charge on any atom is -0.440 e. The Labute approximate surface area is 95.7 Å². The molecular weight excluding hydrogens is 200 g/mol. The molecule has 2 aromatic rings. The number of nitrogen functional groups attached to an aromatic ring is 1. The smallest absolute Gasteiger partial charge is 0.195 e. The Hall–Kier alpha value is -1.51. The Balaban J connectivity index is 2.60. The summed E-state index contributed by atoms with van der Waals surface area (Å²) in [7, 11) is 0. The molecule has 1 heterocycles. The van der Waals surface area contributed by atoms with Crippen LogP contribution in [0.25, 0.3) is 11.1 Å². The van der Waals surface area contributed by atoms with E-state index in [1.807, 2.05) is 12.1 Å². The fourth-order valence-electron chi connectivity index (χ4n) is 1.88. The second kappa shape index (κ2) is 4.16. The molecule has 0 spiro atoms. The number of aryl methyl sites for hydroxylation is 1. The summed E-state index contributed by atoms with van der Waals surface area (Å²) in [6, 6.07) is 3.86. The molecule has 0 atom stereocenters. The van der Waals surface area contributed by atoms with Crippen LogP contribution in [0.1, 0.15) is 44.6 Å². The van der Waals surface area contributed by atoms with Gasteiger partial charge in [-0.2, -0.15) is 0 Å². The van der Waals surface area contributed by atoms with Crippen molar-refractivity contribution in [1.82, 2.24) is 4.98 Å². The number of hydrogen-bond donors (Lipinski definition) is 1. The summed E-state index contributed by atoms with van der Waals surface area (Å²) in [4.78, 5) is 4.46. The van der Waals surface area contributed by atoms with E-state index in [9.17, 15) is 0 Å². The van der Waals surface area contributed by atoms with Crippen LogP contribution in [-0.2, 0) is 6.42 Å². The highest BCUT2D eigenvalue weighted by molar-refractivity contribution is 5.81. The van der Waals surface area contributed by atoms with Crippen LogP contribution < -0.4 is 5.73 Å². The fourth-order valence-corrected chi connectivity index (χ4v) is 1.88. The van der Waals surface area contributed by atoms with E-state index in [1.165, 1.54) is 0 Å². The van der Waals surface area contributed by atoms with Gasteiger partial charge in [-0.05, 0) is 24.5 Å². The van der Waals surface area contributed by atoms with Gasteiger partial charge < -0.3 is 10.2 Å². The number of oxazole rings is 1. The largest absolute Gasteiger partial charge is 0.440 e. The van der Waals surface area contributed by atoms with E-state index in [4.69, 9.17) is 10.2 Å². The molecule has 86 valence electrons. The summed E-state index contributed by atoms with van der Waals surface area (Å²) in [5.41, 5.74) is 9.54. The first-order valence-corrected chi connectivity index (χ1v) is 5.80. The number of benzene rings is 1. The number of aromatic nitrogens is 1. The van der Waals surface area contributed by atoms with Gasteiger partial charge in [-0.3, -0.25) is 0 Å². The minimum absolute atomic E-state index is 0.397. The number of fused-ring (bicyclic) bond motifs is 1. The SMILES string of the molecule is CCCc1nc2cc(N)cc(C(C)C)c2o1. The third kappa shape index (κ3) is 1.90. The zero-order chi connectivity index (χ0) is 11.7. The molecule has 3 nitrogen and oxygen atoms in total. The molecule has 0 saturated heterocycles. The van der Waals surface area contributed by atoms with E-state index in [1.54, 1.807) is 0 Å². The first-order chi connectivity index (χ1) is 7.61. The highest BCUT2D eigenvalue weighted by Crippen LogP contribution is 2.29. The lowest BCUT2D eigenvalue weighted by Crippen LogP contribution is -1.92. The van der Waals surface area contributed by atoms with Gasteiger partial charge in [0.25, 0.3) is 0 Å². The van der Waals surface area contributed by atoms with Crippen LogP contribution in [-0.4, -0.2) is 4.98 Å². The van der Waals surface area contributed by atoms with E-state index in [-0.39, 0.29) is 0 Å². The monoisotopic (exact) mass is 218 g/mol. The van der Waals surface area contributed by atoms with Gasteiger partial charge >= 0.3 is 0 Å². The van der Waals surface area contributed by atoms with Crippen LogP contribution in [0.4, 0.5) is 5.69 Å². The number of hydrogen-bond acceptors (Lipinski definition) is 3.